The van der Waals surface area contributed by atoms with Crippen molar-refractivity contribution < 1.29 is 9.53 Å². The standard InChI is InChI=1S/C16H21BrO2/c1-11(18)14-5-4-12(17)10-15(14)19-13-6-8-16(2,3)9-7-13/h4-5,10,13H,6-9H2,1-3H3. The predicted octanol–water partition coefficient (Wildman–Crippen LogP) is 5.00. The van der Waals surface area contributed by atoms with Gasteiger partial charge in [-0.05, 0) is 56.2 Å². The molecule has 1 fully saturated rings. The van der Waals surface area contributed by atoms with E-state index in [2.05, 4.69) is 29.8 Å². The fourth-order valence-corrected chi connectivity index (χ4v) is 2.89. The first-order valence-corrected chi connectivity index (χ1v) is 7.64. The van der Waals surface area contributed by atoms with Crippen molar-refractivity contribution in [1.29, 1.82) is 0 Å². The molecule has 0 amide bonds. The van der Waals surface area contributed by atoms with E-state index in [0.29, 0.717) is 16.7 Å². The maximum Gasteiger partial charge on any atom is 0.163 e. The van der Waals surface area contributed by atoms with Crippen molar-refractivity contribution in [3.8, 4) is 5.75 Å². The molecule has 0 radical (unpaired) electrons. The van der Waals surface area contributed by atoms with E-state index in [1.54, 1.807) is 6.92 Å². The minimum absolute atomic E-state index is 0.0543. The Morgan fingerprint density at radius 3 is 2.53 bits per heavy atom. The zero-order chi connectivity index (χ0) is 14.0. The molecular weight excluding hydrogens is 304 g/mol. The van der Waals surface area contributed by atoms with Crippen molar-refractivity contribution in [2.75, 3.05) is 0 Å². The highest BCUT2D eigenvalue weighted by molar-refractivity contribution is 9.10. The van der Waals surface area contributed by atoms with Crippen LogP contribution in [0.15, 0.2) is 22.7 Å². The molecular formula is C16H21BrO2. The van der Waals surface area contributed by atoms with Gasteiger partial charge in [0.25, 0.3) is 0 Å². The molecule has 1 aromatic carbocycles. The first-order valence-electron chi connectivity index (χ1n) is 6.84. The van der Waals surface area contributed by atoms with Crippen LogP contribution in [0.5, 0.6) is 5.75 Å². The molecule has 0 heterocycles. The zero-order valence-electron chi connectivity index (χ0n) is 11.8. The molecule has 0 unspecified atom stereocenters. The number of hydrogen-bond acceptors (Lipinski definition) is 2. The molecule has 3 heteroatoms. The van der Waals surface area contributed by atoms with Crippen molar-refractivity contribution in [3.05, 3.63) is 28.2 Å². The Kier molecular flexibility index (Phi) is 4.34. The van der Waals surface area contributed by atoms with Crippen LogP contribution in [0, 0.1) is 5.41 Å². The van der Waals surface area contributed by atoms with Crippen LogP contribution in [0.2, 0.25) is 0 Å². The second-order valence-corrected chi connectivity index (χ2v) is 7.09. The number of halogens is 1. The van der Waals surface area contributed by atoms with Crippen LogP contribution < -0.4 is 4.74 Å². The molecule has 1 aliphatic carbocycles. The van der Waals surface area contributed by atoms with Gasteiger partial charge in [0, 0.05) is 4.47 Å². The van der Waals surface area contributed by atoms with E-state index in [0.717, 1.165) is 17.3 Å². The van der Waals surface area contributed by atoms with Crippen molar-refractivity contribution in [2.24, 2.45) is 5.41 Å². The van der Waals surface area contributed by atoms with Gasteiger partial charge in [0.2, 0.25) is 0 Å². The van der Waals surface area contributed by atoms with Gasteiger partial charge in [-0.15, -0.1) is 0 Å². The van der Waals surface area contributed by atoms with Gasteiger partial charge in [-0.2, -0.15) is 0 Å². The third-order valence-electron chi connectivity index (χ3n) is 3.90. The Balaban J connectivity index is 2.11. The fourth-order valence-electron chi connectivity index (χ4n) is 2.55. The van der Waals surface area contributed by atoms with E-state index in [1.807, 2.05) is 18.2 Å². The second-order valence-electron chi connectivity index (χ2n) is 6.18. The molecule has 0 atom stereocenters. The topological polar surface area (TPSA) is 26.3 Å². The van der Waals surface area contributed by atoms with Crippen molar-refractivity contribution >= 4 is 21.7 Å². The summed E-state index contributed by atoms with van der Waals surface area (Å²) in [7, 11) is 0. The lowest BCUT2D eigenvalue weighted by Gasteiger charge is -2.34. The minimum Gasteiger partial charge on any atom is -0.490 e. The molecule has 19 heavy (non-hydrogen) atoms. The molecule has 0 N–H and O–H groups in total. The molecule has 1 aromatic rings. The molecule has 0 saturated heterocycles. The van der Waals surface area contributed by atoms with Gasteiger partial charge in [0.05, 0.1) is 11.7 Å². The smallest absolute Gasteiger partial charge is 0.163 e. The Hall–Kier alpha value is -0.830. The van der Waals surface area contributed by atoms with E-state index in [4.69, 9.17) is 4.74 Å². The van der Waals surface area contributed by atoms with Crippen LogP contribution in [-0.2, 0) is 0 Å². The van der Waals surface area contributed by atoms with Gasteiger partial charge in [-0.1, -0.05) is 29.8 Å². The molecule has 104 valence electrons. The van der Waals surface area contributed by atoms with Crippen molar-refractivity contribution in [2.45, 2.75) is 52.6 Å². The van der Waals surface area contributed by atoms with Gasteiger partial charge < -0.3 is 4.74 Å². The number of hydrogen-bond donors (Lipinski definition) is 0. The zero-order valence-corrected chi connectivity index (χ0v) is 13.4. The lowest BCUT2D eigenvalue weighted by Crippen LogP contribution is -2.28. The maximum atomic E-state index is 11.6. The maximum absolute atomic E-state index is 11.6. The first-order chi connectivity index (χ1) is 8.87. The largest absolute Gasteiger partial charge is 0.490 e. The summed E-state index contributed by atoms with van der Waals surface area (Å²) in [5, 5.41) is 0. The van der Waals surface area contributed by atoms with Crippen LogP contribution >= 0.6 is 15.9 Å². The molecule has 2 nitrogen and oxygen atoms in total. The number of rotatable bonds is 3. The van der Waals surface area contributed by atoms with Crippen molar-refractivity contribution in [1.82, 2.24) is 0 Å². The summed E-state index contributed by atoms with van der Waals surface area (Å²) < 4.78 is 7.02. The lowest BCUT2D eigenvalue weighted by atomic mass is 9.76. The lowest BCUT2D eigenvalue weighted by molar-refractivity contribution is 0.0929. The number of Topliss-reactive ketones (excluding diaryl/α,β-unsaturated/α-hetero) is 1. The van der Waals surface area contributed by atoms with Gasteiger partial charge in [0.15, 0.2) is 5.78 Å². The first kappa shape index (κ1) is 14.6. The van der Waals surface area contributed by atoms with Gasteiger partial charge >= 0.3 is 0 Å². The summed E-state index contributed by atoms with van der Waals surface area (Å²) in [5.41, 5.74) is 1.11. The van der Waals surface area contributed by atoms with Crippen LogP contribution in [0.3, 0.4) is 0 Å². The number of carbonyl (C=O) groups is 1. The second kappa shape index (κ2) is 5.66. The molecule has 0 aromatic heterocycles. The molecule has 0 bridgehead atoms. The highest BCUT2D eigenvalue weighted by atomic mass is 79.9. The number of ketones is 1. The monoisotopic (exact) mass is 324 g/mol. The van der Waals surface area contributed by atoms with E-state index in [-0.39, 0.29) is 11.9 Å². The van der Waals surface area contributed by atoms with Gasteiger partial charge in [0.1, 0.15) is 5.75 Å². The van der Waals surface area contributed by atoms with E-state index in [9.17, 15) is 4.79 Å². The quantitative estimate of drug-likeness (QED) is 0.731. The molecule has 1 saturated carbocycles. The van der Waals surface area contributed by atoms with Crippen LogP contribution in [0.4, 0.5) is 0 Å². The molecule has 0 aliphatic heterocycles. The summed E-state index contributed by atoms with van der Waals surface area (Å²) in [4.78, 5) is 11.6. The Morgan fingerprint density at radius 1 is 1.32 bits per heavy atom. The Labute approximate surface area is 123 Å². The highest BCUT2D eigenvalue weighted by Gasteiger charge is 2.28. The predicted molar refractivity (Wildman–Crippen MR) is 80.8 cm³/mol. The van der Waals surface area contributed by atoms with Gasteiger partial charge in [-0.3, -0.25) is 4.79 Å². The minimum atomic E-state index is 0.0543. The SMILES string of the molecule is CC(=O)c1ccc(Br)cc1OC1CCC(C)(C)CC1. The van der Waals surface area contributed by atoms with Crippen LogP contribution in [-0.4, -0.2) is 11.9 Å². The number of ether oxygens (including phenoxy) is 1. The van der Waals surface area contributed by atoms with Gasteiger partial charge in [-0.25, -0.2) is 0 Å². The summed E-state index contributed by atoms with van der Waals surface area (Å²) in [6.45, 7) is 6.20. The highest BCUT2D eigenvalue weighted by Crippen LogP contribution is 2.37. The Morgan fingerprint density at radius 2 is 1.95 bits per heavy atom. The number of benzene rings is 1. The van der Waals surface area contributed by atoms with Crippen LogP contribution in [0.1, 0.15) is 56.8 Å². The Bertz CT molecular complexity index is 470. The number of carbonyl (C=O) groups excluding carboxylic acids is 1. The van der Waals surface area contributed by atoms with E-state index < -0.39 is 0 Å². The normalized spacial score (nSPS) is 19.2. The fraction of sp³-hybridized carbons (Fsp3) is 0.562. The van der Waals surface area contributed by atoms with Crippen LogP contribution in [0.25, 0.3) is 0 Å². The summed E-state index contributed by atoms with van der Waals surface area (Å²) in [5.74, 6) is 0.769. The van der Waals surface area contributed by atoms with E-state index >= 15 is 0 Å². The summed E-state index contributed by atoms with van der Waals surface area (Å²) >= 11 is 3.44. The molecule has 2 rings (SSSR count). The molecule has 1 aliphatic rings. The molecule has 0 spiro atoms. The van der Waals surface area contributed by atoms with E-state index in [1.165, 1.54) is 12.8 Å². The summed E-state index contributed by atoms with van der Waals surface area (Å²) in [6.07, 6.45) is 4.73. The third-order valence-corrected chi connectivity index (χ3v) is 4.40. The van der Waals surface area contributed by atoms with Crippen molar-refractivity contribution in [3.63, 3.8) is 0 Å². The third kappa shape index (κ3) is 3.82. The average molecular weight is 325 g/mol. The average Bonchev–Trinajstić information content (AvgIpc) is 2.31. The summed E-state index contributed by atoms with van der Waals surface area (Å²) in [6, 6.07) is 5.61.